The molecule has 0 saturated carbocycles. The van der Waals surface area contributed by atoms with Crippen molar-refractivity contribution in [2.45, 2.75) is 72.6 Å². The van der Waals surface area contributed by atoms with Crippen molar-refractivity contribution in [2.24, 2.45) is 11.1 Å². The number of nitrogens with two attached hydrogens (primary N) is 1. The van der Waals surface area contributed by atoms with Crippen LogP contribution < -0.4 is 11.1 Å². The van der Waals surface area contributed by atoms with E-state index in [0.29, 0.717) is 32.5 Å². The molecule has 3 amide bonds. The van der Waals surface area contributed by atoms with Crippen molar-refractivity contribution < 1.29 is 19.1 Å². The van der Waals surface area contributed by atoms with E-state index in [1.54, 1.807) is 4.90 Å². The summed E-state index contributed by atoms with van der Waals surface area (Å²) in [5.74, 6) is -0.492. The summed E-state index contributed by atoms with van der Waals surface area (Å²) in [7, 11) is 0. The molecule has 1 aromatic carbocycles. The molecular formula is C26H42N4O4. The SMILES string of the molecule is CCC[C@@H](NC(=O)CN1C(=O)C(CC)(CC)[C@@H]1OCC(=O)N(CC)CCN)c1ccc(C)cc1. The quantitative estimate of drug-likeness (QED) is 0.404. The van der Waals surface area contributed by atoms with E-state index < -0.39 is 11.6 Å². The maximum absolute atomic E-state index is 13.1. The fraction of sp³-hybridized carbons (Fsp3) is 0.654. The molecule has 1 fully saturated rings. The number of hydrogen-bond donors (Lipinski definition) is 2. The van der Waals surface area contributed by atoms with Crippen LogP contribution in [0, 0.1) is 12.3 Å². The minimum absolute atomic E-state index is 0.0915. The Hall–Kier alpha value is -2.45. The van der Waals surface area contributed by atoms with Gasteiger partial charge in [0.2, 0.25) is 17.7 Å². The average molecular weight is 475 g/mol. The monoisotopic (exact) mass is 474 g/mol. The van der Waals surface area contributed by atoms with Gasteiger partial charge in [-0.1, -0.05) is 57.0 Å². The van der Waals surface area contributed by atoms with E-state index in [-0.39, 0.29) is 36.9 Å². The largest absolute Gasteiger partial charge is 0.348 e. The maximum atomic E-state index is 13.1. The Kier molecular flexibility index (Phi) is 10.5. The molecular weight excluding hydrogens is 432 g/mol. The van der Waals surface area contributed by atoms with Crippen molar-refractivity contribution in [3.05, 3.63) is 35.4 Å². The van der Waals surface area contributed by atoms with E-state index in [1.807, 2.05) is 52.0 Å². The Balaban J connectivity index is 2.09. The Labute approximate surface area is 204 Å². The number of ether oxygens (including phenoxy) is 1. The Morgan fingerprint density at radius 2 is 1.82 bits per heavy atom. The number of β-lactam (4-membered cyclic amide) rings is 1. The average Bonchev–Trinajstić information content (AvgIpc) is 2.83. The van der Waals surface area contributed by atoms with Crippen LogP contribution in [0.2, 0.25) is 0 Å². The zero-order valence-corrected chi connectivity index (χ0v) is 21.4. The van der Waals surface area contributed by atoms with Crippen LogP contribution in [0.15, 0.2) is 24.3 Å². The van der Waals surface area contributed by atoms with Gasteiger partial charge in [-0.25, -0.2) is 0 Å². The number of nitrogens with one attached hydrogen (secondary N) is 1. The molecule has 1 aromatic rings. The van der Waals surface area contributed by atoms with Gasteiger partial charge in [-0.2, -0.15) is 0 Å². The highest BCUT2D eigenvalue weighted by molar-refractivity contribution is 5.93. The van der Waals surface area contributed by atoms with Crippen LogP contribution in [0.25, 0.3) is 0 Å². The molecule has 1 heterocycles. The number of amides is 3. The van der Waals surface area contributed by atoms with Crippen LogP contribution in [-0.2, 0) is 19.1 Å². The molecule has 1 aliphatic rings. The van der Waals surface area contributed by atoms with Crippen molar-refractivity contribution in [1.29, 1.82) is 0 Å². The Morgan fingerprint density at radius 3 is 2.35 bits per heavy atom. The van der Waals surface area contributed by atoms with Crippen LogP contribution >= 0.6 is 0 Å². The molecule has 0 aliphatic carbocycles. The smallest absolute Gasteiger partial charge is 0.248 e. The molecule has 8 nitrogen and oxygen atoms in total. The van der Waals surface area contributed by atoms with Crippen LogP contribution in [0.1, 0.15) is 70.5 Å². The molecule has 0 bridgehead atoms. The summed E-state index contributed by atoms with van der Waals surface area (Å²) in [6.45, 7) is 11.0. The predicted molar refractivity (Wildman–Crippen MR) is 133 cm³/mol. The van der Waals surface area contributed by atoms with Gasteiger partial charge in [-0.15, -0.1) is 0 Å². The summed E-state index contributed by atoms with van der Waals surface area (Å²) >= 11 is 0. The molecule has 0 spiro atoms. The molecule has 1 saturated heterocycles. The molecule has 2 rings (SSSR count). The van der Waals surface area contributed by atoms with E-state index in [0.717, 1.165) is 24.0 Å². The van der Waals surface area contributed by atoms with Crippen LogP contribution in [0.5, 0.6) is 0 Å². The summed E-state index contributed by atoms with van der Waals surface area (Å²) in [5.41, 5.74) is 7.10. The van der Waals surface area contributed by atoms with Crippen LogP contribution in [-0.4, -0.2) is 66.5 Å². The normalized spacial score (nSPS) is 17.8. The minimum atomic E-state index is -0.703. The standard InChI is InChI=1S/C26H42N4O4/c1-6-10-21(20-13-11-19(5)12-14-20)28-22(31)17-30-24(33)26(7-2,8-3)25(30)34-18-23(32)29(9-4)16-15-27/h11-14,21,25H,6-10,15-18,27H2,1-5H3,(H,28,31)/t21-,25+/m1/s1. The topological polar surface area (TPSA) is 105 Å². The van der Waals surface area contributed by atoms with Gasteiger partial charge in [0, 0.05) is 19.6 Å². The van der Waals surface area contributed by atoms with Crippen molar-refractivity contribution >= 4 is 17.7 Å². The van der Waals surface area contributed by atoms with E-state index >= 15 is 0 Å². The fourth-order valence-corrected chi connectivity index (χ4v) is 4.70. The van der Waals surface area contributed by atoms with Crippen molar-refractivity contribution in [1.82, 2.24) is 15.1 Å². The third kappa shape index (κ3) is 6.16. The first-order valence-electron chi connectivity index (χ1n) is 12.5. The highest BCUT2D eigenvalue weighted by Crippen LogP contribution is 2.45. The Bertz CT molecular complexity index is 823. The fourth-order valence-electron chi connectivity index (χ4n) is 4.70. The number of likely N-dealkylation sites (tertiary alicyclic amines) is 1. The first-order valence-corrected chi connectivity index (χ1v) is 12.5. The zero-order chi connectivity index (χ0) is 25.3. The van der Waals surface area contributed by atoms with E-state index in [9.17, 15) is 14.4 Å². The van der Waals surface area contributed by atoms with Crippen LogP contribution in [0.3, 0.4) is 0 Å². The molecule has 8 heteroatoms. The Morgan fingerprint density at radius 1 is 1.18 bits per heavy atom. The summed E-state index contributed by atoms with van der Waals surface area (Å²) in [6.07, 6.45) is 2.29. The molecule has 1 aliphatic heterocycles. The number of likely N-dealkylation sites (N-methyl/N-ethyl adjacent to an activating group) is 1. The van der Waals surface area contributed by atoms with Crippen molar-refractivity contribution in [3.63, 3.8) is 0 Å². The van der Waals surface area contributed by atoms with E-state index in [2.05, 4.69) is 12.2 Å². The van der Waals surface area contributed by atoms with Gasteiger partial charge < -0.3 is 25.6 Å². The second-order valence-electron chi connectivity index (χ2n) is 9.04. The highest BCUT2D eigenvalue weighted by atomic mass is 16.5. The maximum Gasteiger partial charge on any atom is 0.248 e. The number of carbonyl (C=O) groups excluding carboxylic acids is 3. The molecule has 2 atom stereocenters. The molecule has 0 aromatic heterocycles. The summed E-state index contributed by atoms with van der Waals surface area (Å²) in [5, 5.41) is 3.09. The minimum Gasteiger partial charge on any atom is -0.348 e. The van der Waals surface area contributed by atoms with Gasteiger partial charge >= 0.3 is 0 Å². The lowest BCUT2D eigenvalue weighted by molar-refractivity contribution is -0.224. The van der Waals surface area contributed by atoms with Gasteiger partial charge in [-0.3, -0.25) is 14.4 Å². The first kappa shape index (κ1) is 27.8. The van der Waals surface area contributed by atoms with Crippen molar-refractivity contribution in [3.8, 4) is 0 Å². The third-order valence-electron chi connectivity index (χ3n) is 6.91. The number of hydrogen-bond acceptors (Lipinski definition) is 5. The lowest BCUT2D eigenvalue weighted by Gasteiger charge is -2.54. The lowest BCUT2D eigenvalue weighted by atomic mass is 9.71. The summed E-state index contributed by atoms with van der Waals surface area (Å²) in [4.78, 5) is 41.7. The second kappa shape index (κ2) is 12.9. The second-order valence-corrected chi connectivity index (χ2v) is 9.04. The highest BCUT2D eigenvalue weighted by Gasteiger charge is 2.59. The summed E-state index contributed by atoms with van der Waals surface area (Å²) < 4.78 is 5.99. The molecule has 190 valence electrons. The number of rotatable bonds is 14. The van der Waals surface area contributed by atoms with Gasteiger partial charge in [-0.05, 0) is 38.7 Å². The molecule has 0 unspecified atom stereocenters. The molecule has 3 N–H and O–H groups in total. The lowest BCUT2D eigenvalue weighted by Crippen LogP contribution is -2.71. The first-order chi connectivity index (χ1) is 16.3. The van der Waals surface area contributed by atoms with Gasteiger partial charge in [0.05, 0.1) is 11.5 Å². The van der Waals surface area contributed by atoms with Gasteiger partial charge in [0.25, 0.3) is 0 Å². The zero-order valence-electron chi connectivity index (χ0n) is 21.4. The van der Waals surface area contributed by atoms with E-state index in [1.165, 1.54) is 4.90 Å². The molecule has 34 heavy (non-hydrogen) atoms. The van der Waals surface area contributed by atoms with Crippen molar-refractivity contribution in [2.75, 3.05) is 32.8 Å². The number of nitrogens with zero attached hydrogens (tertiary/aromatic N) is 2. The summed E-state index contributed by atoms with van der Waals surface area (Å²) in [6, 6.07) is 8.01. The van der Waals surface area contributed by atoms with Crippen LogP contribution in [0.4, 0.5) is 0 Å². The predicted octanol–water partition coefficient (Wildman–Crippen LogP) is 2.75. The van der Waals surface area contributed by atoms with E-state index in [4.69, 9.17) is 10.5 Å². The number of carbonyl (C=O) groups is 3. The number of benzene rings is 1. The molecule has 0 radical (unpaired) electrons. The third-order valence-corrected chi connectivity index (χ3v) is 6.91. The number of aryl methyl sites for hydroxylation is 1. The van der Waals surface area contributed by atoms with Gasteiger partial charge in [0.1, 0.15) is 19.4 Å². The van der Waals surface area contributed by atoms with Gasteiger partial charge in [0.15, 0.2) is 0 Å².